The summed E-state index contributed by atoms with van der Waals surface area (Å²) in [4.78, 5) is 11.0. The van der Waals surface area contributed by atoms with Crippen LogP contribution in [-0.4, -0.2) is 53.7 Å². The fourth-order valence-corrected chi connectivity index (χ4v) is 3.69. The van der Waals surface area contributed by atoms with Gasteiger partial charge in [-0.3, -0.25) is 4.99 Å². The molecule has 1 aliphatic rings. The summed E-state index contributed by atoms with van der Waals surface area (Å²) in [5.74, 6) is 1.55. The molecule has 1 aromatic heterocycles. The average Bonchev–Trinajstić information content (AvgIpc) is 3.20. The molecule has 146 valence electrons. The molecule has 1 aromatic carbocycles. The predicted molar refractivity (Wildman–Crippen MR) is 109 cm³/mol. The lowest BCUT2D eigenvalue weighted by atomic mass is 9.93. The van der Waals surface area contributed by atoms with Crippen LogP contribution in [0.25, 0.3) is 0 Å². The minimum Gasteiger partial charge on any atom is -0.375 e. The molecule has 1 aliphatic heterocycles. The van der Waals surface area contributed by atoms with Crippen molar-refractivity contribution >= 4 is 17.6 Å². The molecule has 0 radical (unpaired) electrons. The highest BCUT2D eigenvalue weighted by Gasteiger charge is 2.28. The Hall–Kier alpha value is -2.05. The number of rotatable bonds is 6. The number of guanidine groups is 1. The van der Waals surface area contributed by atoms with Crippen LogP contribution >= 0.6 is 11.6 Å². The Morgan fingerprint density at radius 3 is 3.07 bits per heavy atom. The van der Waals surface area contributed by atoms with Crippen LogP contribution in [0.5, 0.6) is 0 Å². The van der Waals surface area contributed by atoms with Crippen molar-refractivity contribution in [1.82, 2.24) is 19.8 Å². The van der Waals surface area contributed by atoms with Crippen LogP contribution in [0.4, 0.5) is 0 Å². The quantitative estimate of drug-likeness (QED) is 0.468. The molecule has 1 fully saturated rings. The van der Waals surface area contributed by atoms with Crippen molar-refractivity contribution in [1.29, 1.82) is 0 Å². The fourth-order valence-electron chi connectivity index (χ4n) is 3.48. The number of ether oxygens (including phenoxy) is 1. The van der Waals surface area contributed by atoms with Crippen molar-refractivity contribution in [3.63, 3.8) is 0 Å². The number of benzene rings is 1. The van der Waals surface area contributed by atoms with E-state index in [0.717, 1.165) is 42.6 Å². The zero-order valence-corrected chi connectivity index (χ0v) is 16.8. The molecule has 2 heterocycles. The minimum absolute atomic E-state index is 0.416. The van der Waals surface area contributed by atoms with Gasteiger partial charge in [0.25, 0.3) is 0 Å². The van der Waals surface area contributed by atoms with Crippen LogP contribution in [0.3, 0.4) is 0 Å². The van der Waals surface area contributed by atoms with Gasteiger partial charge < -0.3 is 19.5 Å². The van der Waals surface area contributed by atoms with Crippen molar-refractivity contribution in [2.75, 3.05) is 33.3 Å². The largest absolute Gasteiger partial charge is 0.375 e. The van der Waals surface area contributed by atoms with Gasteiger partial charge in [0.15, 0.2) is 5.96 Å². The monoisotopic (exact) mass is 389 g/mol. The number of nitrogens with zero attached hydrogens (tertiary/aromatic N) is 4. The first kappa shape index (κ1) is 19.7. The molecule has 1 saturated heterocycles. The Morgan fingerprint density at radius 2 is 2.33 bits per heavy atom. The van der Waals surface area contributed by atoms with Crippen LogP contribution in [0.15, 0.2) is 48.0 Å². The lowest BCUT2D eigenvalue weighted by molar-refractivity contribution is 0.124. The lowest BCUT2D eigenvalue weighted by Gasteiger charge is -2.39. The summed E-state index contributed by atoms with van der Waals surface area (Å²) in [5.41, 5.74) is 1.08. The maximum atomic E-state index is 6.00. The molecular formula is C20H28ClN5O. The Morgan fingerprint density at radius 1 is 1.44 bits per heavy atom. The van der Waals surface area contributed by atoms with Gasteiger partial charge in [-0.1, -0.05) is 30.7 Å². The van der Waals surface area contributed by atoms with Gasteiger partial charge in [0, 0.05) is 44.1 Å². The summed E-state index contributed by atoms with van der Waals surface area (Å²) in [6.45, 7) is 6.14. The Bertz CT molecular complexity index is 734. The minimum atomic E-state index is 0.416. The van der Waals surface area contributed by atoms with E-state index in [9.17, 15) is 0 Å². The van der Waals surface area contributed by atoms with E-state index in [4.69, 9.17) is 16.3 Å². The number of piperidine rings is 1. The first-order chi connectivity index (χ1) is 13.2. The first-order valence-corrected chi connectivity index (χ1v) is 9.80. The number of hydrogen-bond acceptors (Lipinski definition) is 3. The Kier molecular flexibility index (Phi) is 7.12. The number of imidazole rings is 1. The summed E-state index contributed by atoms with van der Waals surface area (Å²) < 4.78 is 7.95. The zero-order chi connectivity index (χ0) is 19.1. The molecular weight excluding hydrogens is 362 g/mol. The van der Waals surface area contributed by atoms with Gasteiger partial charge in [0.05, 0.1) is 25.6 Å². The van der Waals surface area contributed by atoms with Gasteiger partial charge in [-0.2, -0.15) is 0 Å². The maximum Gasteiger partial charge on any atom is 0.193 e. The smallest absolute Gasteiger partial charge is 0.193 e. The van der Waals surface area contributed by atoms with Crippen molar-refractivity contribution in [2.24, 2.45) is 10.9 Å². The number of hydrogen-bond donors (Lipinski definition) is 1. The van der Waals surface area contributed by atoms with E-state index in [1.165, 1.54) is 0 Å². The fraction of sp³-hybridized carbons (Fsp3) is 0.500. The molecule has 2 atom stereocenters. The maximum absolute atomic E-state index is 6.00. The molecule has 7 heteroatoms. The summed E-state index contributed by atoms with van der Waals surface area (Å²) in [5, 5.41) is 4.15. The van der Waals surface area contributed by atoms with Gasteiger partial charge in [-0.15, -0.1) is 0 Å². The van der Waals surface area contributed by atoms with E-state index >= 15 is 0 Å². The molecule has 2 aromatic rings. The number of aromatic nitrogens is 2. The van der Waals surface area contributed by atoms with Crippen LogP contribution in [-0.2, 0) is 11.3 Å². The Labute approximate surface area is 166 Å². The topological polar surface area (TPSA) is 54.7 Å². The second-order valence-electron chi connectivity index (χ2n) is 6.95. The zero-order valence-electron chi connectivity index (χ0n) is 16.0. The van der Waals surface area contributed by atoms with E-state index in [1.54, 1.807) is 0 Å². The van der Waals surface area contributed by atoms with Crippen molar-refractivity contribution in [3.8, 4) is 0 Å². The average molecular weight is 390 g/mol. The molecule has 0 bridgehead atoms. The third kappa shape index (κ3) is 5.47. The van der Waals surface area contributed by atoms with Crippen LogP contribution < -0.4 is 5.32 Å². The lowest BCUT2D eigenvalue weighted by Crippen LogP contribution is -2.49. The molecule has 0 saturated carbocycles. The van der Waals surface area contributed by atoms with Gasteiger partial charge in [0.1, 0.15) is 0 Å². The van der Waals surface area contributed by atoms with Gasteiger partial charge >= 0.3 is 0 Å². The van der Waals surface area contributed by atoms with Crippen molar-refractivity contribution in [3.05, 3.63) is 53.6 Å². The Balaban J connectivity index is 1.44. The van der Waals surface area contributed by atoms with E-state index in [2.05, 4.69) is 31.7 Å². The SMILES string of the molecule is CN=C(NCCOCc1cccc(Cl)c1)N1CCC(C)C(n2ccnc2)C1. The number of likely N-dealkylation sites (tertiary alicyclic amines) is 1. The number of nitrogens with one attached hydrogen (secondary N) is 1. The first-order valence-electron chi connectivity index (χ1n) is 9.42. The molecule has 27 heavy (non-hydrogen) atoms. The highest BCUT2D eigenvalue weighted by atomic mass is 35.5. The van der Waals surface area contributed by atoms with Gasteiger partial charge in [-0.05, 0) is 30.0 Å². The summed E-state index contributed by atoms with van der Waals surface area (Å²) in [6, 6.07) is 8.17. The molecule has 2 unspecified atom stereocenters. The van der Waals surface area contributed by atoms with Gasteiger partial charge in [0.2, 0.25) is 0 Å². The standard InChI is InChI=1S/C20H28ClN5O/c1-16-6-9-25(13-19(16)26-10-7-23-15-26)20(22-2)24-8-11-27-14-17-4-3-5-18(21)12-17/h3-5,7,10,12,15-16,19H,6,8-9,11,13-14H2,1-2H3,(H,22,24). The van der Waals surface area contributed by atoms with Crippen LogP contribution in [0, 0.1) is 5.92 Å². The summed E-state index contributed by atoms with van der Waals surface area (Å²) in [6.07, 6.45) is 6.93. The molecule has 6 nitrogen and oxygen atoms in total. The molecule has 0 aliphatic carbocycles. The normalized spacial score (nSPS) is 20.7. The summed E-state index contributed by atoms with van der Waals surface area (Å²) >= 11 is 6.00. The second-order valence-corrected chi connectivity index (χ2v) is 7.38. The van der Waals surface area contributed by atoms with Crippen LogP contribution in [0.2, 0.25) is 5.02 Å². The number of halogens is 1. The second kappa shape index (κ2) is 9.76. The van der Waals surface area contributed by atoms with E-state index in [0.29, 0.717) is 25.2 Å². The van der Waals surface area contributed by atoms with E-state index in [-0.39, 0.29) is 0 Å². The summed E-state index contributed by atoms with van der Waals surface area (Å²) in [7, 11) is 1.83. The molecule has 0 amide bonds. The van der Waals surface area contributed by atoms with Crippen LogP contribution in [0.1, 0.15) is 24.9 Å². The highest BCUT2D eigenvalue weighted by molar-refractivity contribution is 6.30. The number of aliphatic imine (C=N–C) groups is 1. The molecule has 0 spiro atoms. The molecule has 1 N–H and O–H groups in total. The predicted octanol–water partition coefficient (Wildman–Crippen LogP) is 3.21. The van der Waals surface area contributed by atoms with Gasteiger partial charge in [-0.25, -0.2) is 4.98 Å². The van der Waals surface area contributed by atoms with Crippen molar-refractivity contribution in [2.45, 2.75) is 26.0 Å². The van der Waals surface area contributed by atoms with E-state index in [1.807, 2.05) is 50.0 Å². The molecule has 3 rings (SSSR count). The third-order valence-electron chi connectivity index (χ3n) is 5.03. The highest BCUT2D eigenvalue weighted by Crippen LogP contribution is 2.27. The van der Waals surface area contributed by atoms with Crippen molar-refractivity contribution < 1.29 is 4.74 Å². The van der Waals surface area contributed by atoms with E-state index < -0.39 is 0 Å². The third-order valence-corrected chi connectivity index (χ3v) is 5.26.